The Bertz CT molecular complexity index is 385. The van der Waals surface area contributed by atoms with E-state index in [1.165, 1.54) is 6.20 Å². The molecule has 0 aliphatic carbocycles. The summed E-state index contributed by atoms with van der Waals surface area (Å²) in [5, 5.41) is 8.57. The third-order valence-corrected chi connectivity index (χ3v) is 2.54. The number of aromatic amines is 1. The lowest BCUT2D eigenvalue weighted by atomic mass is 10.3. The molecule has 0 unspecified atom stereocenters. The number of halogens is 2. The maximum absolute atomic E-state index is 11.1. The smallest absolute Gasteiger partial charge is 0.353 e. The molecule has 1 heterocycles. The molecule has 0 aliphatic heterocycles. The van der Waals surface area contributed by atoms with Crippen molar-refractivity contribution in [1.29, 1.82) is 0 Å². The van der Waals surface area contributed by atoms with E-state index in [2.05, 4.69) is 36.8 Å². The summed E-state index contributed by atoms with van der Waals surface area (Å²) in [6.45, 7) is 0. The van der Waals surface area contributed by atoms with E-state index in [-0.39, 0.29) is 15.6 Å². The van der Waals surface area contributed by atoms with Gasteiger partial charge in [-0.1, -0.05) is 0 Å². The molecule has 0 atom stereocenters. The molecule has 1 aromatic heterocycles. The van der Waals surface area contributed by atoms with E-state index in [1.807, 2.05) is 0 Å². The van der Waals surface area contributed by atoms with E-state index >= 15 is 0 Å². The summed E-state index contributed by atoms with van der Waals surface area (Å²) in [4.78, 5) is 24.0. The van der Waals surface area contributed by atoms with Crippen molar-refractivity contribution in [2.45, 2.75) is 0 Å². The zero-order chi connectivity index (χ0) is 9.30. The quantitative estimate of drug-likeness (QED) is 0.827. The van der Waals surface area contributed by atoms with Crippen molar-refractivity contribution < 1.29 is 9.90 Å². The van der Waals surface area contributed by atoms with Crippen molar-refractivity contribution in [2.24, 2.45) is 0 Å². The lowest BCUT2D eigenvalue weighted by Gasteiger charge is -1.97. The van der Waals surface area contributed by atoms with Gasteiger partial charge in [-0.15, -0.1) is 0 Å². The molecule has 0 amide bonds. The van der Waals surface area contributed by atoms with Crippen LogP contribution < -0.4 is 5.43 Å². The highest BCUT2D eigenvalue weighted by Gasteiger charge is 2.12. The highest BCUT2D eigenvalue weighted by Crippen LogP contribution is 2.12. The number of carbonyl (C=O) groups is 1. The lowest BCUT2D eigenvalue weighted by molar-refractivity contribution is 0.0689. The topological polar surface area (TPSA) is 70.2 Å². The summed E-state index contributed by atoms with van der Waals surface area (Å²) in [7, 11) is 0. The third kappa shape index (κ3) is 1.59. The van der Waals surface area contributed by atoms with Gasteiger partial charge in [-0.3, -0.25) is 4.79 Å². The Kier molecular flexibility index (Phi) is 2.69. The number of aromatic carboxylic acids is 1. The molecule has 0 spiro atoms. The fourth-order valence-corrected chi connectivity index (χ4v) is 1.71. The molecule has 0 saturated heterocycles. The Hall–Kier alpha value is -0.620. The van der Waals surface area contributed by atoms with Gasteiger partial charge in [0.25, 0.3) is 0 Å². The van der Waals surface area contributed by atoms with Gasteiger partial charge < -0.3 is 10.1 Å². The summed E-state index contributed by atoms with van der Waals surface area (Å²) in [5.41, 5.74) is -0.533. The first kappa shape index (κ1) is 9.47. The van der Waals surface area contributed by atoms with E-state index in [0.29, 0.717) is 4.47 Å². The Morgan fingerprint density at radius 1 is 1.50 bits per heavy atom. The summed E-state index contributed by atoms with van der Waals surface area (Å²) < 4.78 is 0.309. The van der Waals surface area contributed by atoms with E-state index < -0.39 is 5.97 Å². The fourth-order valence-electron chi connectivity index (χ4n) is 0.638. The number of carboxylic acid groups (broad SMARTS) is 1. The Balaban J connectivity index is 3.47. The number of hydrogen-bond acceptors (Lipinski definition) is 2. The van der Waals surface area contributed by atoms with Crippen LogP contribution in [-0.2, 0) is 0 Å². The van der Waals surface area contributed by atoms with Crippen LogP contribution >= 0.6 is 31.9 Å². The Labute approximate surface area is 83.9 Å². The number of aromatic nitrogens is 1. The highest BCUT2D eigenvalue weighted by atomic mass is 79.9. The average Bonchev–Trinajstić information content (AvgIpc) is 2.00. The van der Waals surface area contributed by atoms with Gasteiger partial charge in [0.2, 0.25) is 5.43 Å². The SMILES string of the molecule is O=C(O)c1[nH]cc(Br)c(=O)c1Br. The number of nitrogens with one attached hydrogen (secondary N) is 1. The Morgan fingerprint density at radius 3 is 2.58 bits per heavy atom. The summed E-state index contributed by atoms with van der Waals surface area (Å²) in [5.74, 6) is -1.17. The molecule has 1 aromatic rings. The fraction of sp³-hybridized carbons (Fsp3) is 0. The largest absolute Gasteiger partial charge is 0.477 e. The standard InChI is InChI=1S/C6H3Br2NO3/c7-2-1-9-4(6(11)12)3(8)5(2)10/h1H,(H,9,10)(H,11,12). The minimum Gasteiger partial charge on any atom is -0.477 e. The predicted octanol–water partition coefficient (Wildman–Crippen LogP) is 1.60. The molecule has 0 aliphatic rings. The normalized spacial score (nSPS) is 9.83. The monoisotopic (exact) mass is 295 g/mol. The number of hydrogen-bond donors (Lipinski definition) is 2. The van der Waals surface area contributed by atoms with Crippen LogP contribution in [0.2, 0.25) is 0 Å². The molecule has 6 heteroatoms. The number of H-pyrrole nitrogens is 1. The van der Waals surface area contributed by atoms with E-state index in [9.17, 15) is 9.59 Å². The maximum atomic E-state index is 11.1. The first-order valence-corrected chi connectivity index (χ1v) is 4.42. The highest BCUT2D eigenvalue weighted by molar-refractivity contribution is 9.11. The van der Waals surface area contributed by atoms with Crippen LogP contribution in [0.4, 0.5) is 0 Å². The van der Waals surface area contributed by atoms with Gasteiger partial charge in [0.1, 0.15) is 5.69 Å². The lowest BCUT2D eigenvalue weighted by Crippen LogP contribution is -2.12. The maximum Gasteiger partial charge on any atom is 0.353 e. The second kappa shape index (κ2) is 3.40. The predicted molar refractivity (Wildman–Crippen MR) is 49.4 cm³/mol. The number of carboxylic acids is 1. The summed E-state index contributed by atoms with van der Waals surface area (Å²) in [6.07, 6.45) is 1.29. The second-order valence-corrected chi connectivity index (χ2v) is 3.61. The van der Waals surface area contributed by atoms with Crippen molar-refractivity contribution in [1.82, 2.24) is 4.98 Å². The molecule has 4 nitrogen and oxygen atoms in total. The van der Waals surface area contributed by atoms with E-state index in [4.69, 9.17) is 5.11 Å². The average molecular weight is 297 g/mol. The zero-order valence-corrected chi connectivity index (χ0v) is 8.77. The summed E-state index contributed by atoms with van der Waals surface area (Å²) >= 11 is 5.84. The third-order valence-electron chi connectivity index (χ3n) is 1.19. The van der Waals surface area contributed by atoms with Crippen molar-refractivity contribution >= 4 is 37.8 Å². The van der Waals surface area contributed by atoms with Crippen molar-refractivity contribution in [3.63, 3.8) is 0 Å². The van der Waals surface area contributed by atoms with Crippen LogP contribution in [0.3, 0.4) is 0 Å². The Morgan fingerprint density at radius 2 is 2.08 bits per heavy atom. The molecular weight excluding hydrogens is 294 g/mol. The van der Waals surface area contributed by atoms with Gasteiger partial charge >= 0.3 is 5.97 Å². The molecule has 0 bridgehead atoms. The van der Waals surface area contributed by atoms with Crippen molar-refractivity contribution in [2.75, 3.05) is 0 Å². The molecular formula is C6H3Br2NO3. The number of rotatable bonds is 1. The molecule has 12 heavy (non-hydrogen) atoms. The first-order chi connectivity index (χ1) is 5.54. The van der Waals surface area contributed by atoms with E-state index in [1.54, 1.807) is 0 Å². The minimum atomic E-state index is -1.17. The second-order valence-electron chi connectivity index (χ2n) is 1.96. The van der Waals surface area contributed by atoms with Gasteiger partial charge in [-0.05, 0) is 31.9 Å². The molecule has 2 N–H and O–H groups in total. The van der Waals surface area contributed by atoms with Crippen molar-refractivity contribution in [3.8, 4) is 0 Å². The van der Waals surface area contributed by atoms with Gasteiger partial charge in [0, 0.05) is 6.20 Å². The molecule has 0 saturated carbocycles. The number of pyridine rings is 1. The van der Waals surface area contributed by atoms with Gasteiger partial charge in [-0.25, -0.2) is 4.79 Å². The van der Waals surface area contributed by atoms with Crippen LogP contribution in [0, 0.1) is 0 Å². The van der Waals surface area contributed by atoms with Crippen LogP contribution in [-0.4, -0.2) is 16.1 Å². The van der Waals surface area contributed by atoms with Gasteiger partial charge in [0.05, 0.1) is 8.95 Å². The summed E-state index contributed by atoms with van der Waals surface area (Å²) in [6, 6.07) is 0. The zero-order valence-electron chi connectivity index (χ0n) is 5.60. The van der Waals surface area contributed by atoms with Crippen LogP contribution in [0.25, 0.3) is 0 Å². The van der Waals surface area contributed by atoms with Crippen molar-refractivity contribution in [3.05, 3.63) is 31.1 Å². The van der Waals surface area contributed by atoms with E-state index in [0.717, 1.165) is 0 Å². The molecule has 0 aromatic carbocycles. The van der Waals surface area contributed by atoms with Crippen LogP contribution in [0.15, 0.2) is 19.9 Å². The minimum absolute atomic E-state index is 0.0179. The van der Waals surface area contributed by atoms with Crippen LogP contribution in [0.1, 0.15) is 10.5 Å². The molecule has 0 radical (unpaired) electrons. The van der Waals surface area contributed by atoms with Crippen LogP contribution in [0.5, 0.6) is 0 Å². The molecule has 0 fully saturated rings. The molecule has 1 rings (SSSR count). The van der Waals surface area contributed by atoms with Gasteiger partial charge in [0.15, 0.2) is 0 Å². The molecule has 64 valence electrons. The van der Waals surface area contributed by atoms with Gasteiger partial charge in [-0.2, -0.15) is 0 Å². The first-order valence-electron chi connectivity index (χ1n) is 2.84.